The minimum atomic E-state index is 0.158. The standard InChI is InChI=1S/C19H24N4O/c1-21-8-7-18(12-21)13-22(9-10-24)14-19-11-20-23(16-19)15-17-5-3-2-4-6-17/h2-8,11-12,16,24H,9-10,13-15H2,1H3. The van der Waals surface area contributed by atoms with Crippen LogP contribution in [-0.4, -0.2) is 37.5 Å². The van der Waals surface area contributed by atoms with Gasteiger partial charge in [0.25, 0.3) is 0 Å². The second-order valence-electron chi connectivity index (χ2n) is 6.15. The number of aliphatic hydroxyl groups is 1. The van der Waals surface area contributed by atoms with Crippen molar-refractivity contribution in [2.75, 3.05) is 13.2 Å². The van der Waals surface area contributed by atoms with E-state index in [-0.39, 0.29) is 6.61 Å². The molecule has 0 bridgehead atoms. The molecule has 5 heteroatoms. The summed E-state index contributed by atoms with van der Waals surface area (Å²) in [7, 11) is 2.02. The quantitative estimate of drug-likeness (QED) is 0.691. The third-order valence-electron chi connectivity index (χ3n) is 4.00. The van der Waals surface area contributed by atoms with Crippen LogP contribution in [0.25, 0.3) is 0 Å². The van der Waals surface area contributed by atoms with E-state index >= 15 is 0 Å². The molecule has 126 valence electrons. The fraction of sp³-hybridized carbons (Fsp3) is 0.316. The molecule has 0 spiro atoms. The molecule has 24 heavy (non-hydrogen) atoms. The number of nitrogens with zero attached hydrogens (tertiary/aromatic N) is 4. The maximum Gasteiger partial charge on any atom is 0.0659 e. The zero-order chi connectivity index (χ0) is 16.8. The van der Waals surface area contributed by atoms with Gasteiger partial charge in [0.1, 0.15) is 0 Å². The molecule has 0 aliphatic rings. The molecule has 0 fully saturated rings. The average Bonchev–Trinajstić information content (AvgIpc) is 3.18. The smallest absolute Gasteiger partial charge is 0.0659 e. The normalized spacial score (nSPS) is 11.3. The summed E-state index contributed by atoms with van der Waals surface area (Å²) in [6, 6.07) is 12.4. The molecule has 0 atom stereocenters. The predicted molar refractivity (Wildman–Crippen MR) is 94.4 cm³/mol. The van der Waals surface area contributed by atoms with Gasteiger partial charge in [-0.3, -0.25) is 9.58 Å². The Hall–Kier alpha value is -2.37. The van der Waals surface area contributed by atoms with Gasteiger partial charge in [-0.2, -0.15) is 5.10 Å². The van der Waals surface area contributed by atoms with Gasteiger partial charge in [-0.15, -0.1) is 0 Å². The molecule has 3 aromatic rings. The molecule has 5 nitrogen and oxygen atoms in total. The van der Waals surface area contributed by atoms with E-state index in [0.29, 0.717) is 6.54 Å². The lowest BCUT2D eigenvalue weighted by atomic mass is 10.2. The molecule has 1 N–H and O–H groups in total. The molecule has 2 aromatic heterocycles. The zero-order valence-electron chi connectivity index (χ0n) is 14.0. The number of aliphatic hydroxyl groups excluding tert-OH is 1. The molecule has 0 aliphatic carbocycles. The predicted octanol–water partition coefficient (Wildman–Crippen LogP) is 2.26. The molecule has 0 saturated heterocycles. The van der Waals surface area contributed by atoms with Gasteiger partial charge >= 0.3 is 0 Å². The number of hydrogen-bond donors (Lipinski definition) is 1. The van der Waals surface area contributed by atoms with Crippen molar-refractivity contribution in [1.82, 2.24) is 19.2 Å². The van der Waals surface area contributed by atoms with E-state index in [1.807, 2.05) is 46.9 Å². The van der Waals surface area contributed by atoms with Gasteiger partial charge in [-0.1, -0.05) is 30.3 Å². The van der Waals surface area contributed by atoms with Gasteiger partial charge in [0.15, 0.2) is 0 Å². The third kappa shape index (κ3) is 4.57. The second kappa shape index (κ2) is 7.95. The van der Waals surface area contributed by atoms with Crippen molar-refractivity contribution in [3.05, 3.63) is 77.9 Å². The Morgan fingerprint density at radius 3 is 2.50 bits per heavy atom. The van der Waals surface area contributed by atoms with E-state index < -0.39 is 0 Å². The van der Waals surface area contributed by atoms with Crippen LogP contribution in [0.2, 0.25) is 0 Å². The fourth-order valence-corrected chi connectivity index (χ4v) is 2.87. The van der Waals surface area contributed by atoms with Crippen molar-refractivity contribution in [1.29, 1.82) is 0 Å². The Bertz CT molecular complexity index is 748. The number of hydrogen-bond acceptors (Lipinski definition) is 3. The van der Waals surface area contributed by atoms with Crippen molar-refractivity contribution >= 4 is 0 Å². The SMILES string of the molecule is Cn1ccc(CN(CCO)Cc2cnn(Cc3ccccc3)c2)c1. The number of benzene rings is 1. The third-order valence-corrected chi connectivity index (χ3v) is 4.00. The molecule has 0 saturated carbocycles. The van der Waals surface area contributed by atoms with Crippen LogP contribution in [0, 0.1) is 0 Å². The second-order valence-corrected chi connectivity index (χ2v) is 6.15. The van der Waals surface area contributed by atoms with Crippen LogP contribution in [0.3, 0.4) is 0 Å². The summed E-state index contributed by atoms with van der Waals surface area (Å²) in [4.78, 5) is 2.24. The van der Waals surface area contributed by atoms with Crippen LogP contribution in [0.15, 0.2) is 61.2 Å². The van der Waals surface area contributed by atoms with Crippen LogP contribution < -0.4 is 0 Å². The van der Waals surface area contributed by atoms with Gasteiger partial charge in [0, 0.05) is 50.8 Å². The molecular formula is C19H24N4O. The van der Waals surface area contributed by atoms with Crippen LogP contribution in [0.4, 0.5) is 0 Å². The first-order chi connectivity index (χ1) is 11.7. The van der Waals surface area contributed by atoms with Gasteiger partial charge in [-0.25, -0.2) is 0 Å². The number of rotatable bonds is 8. The molecular weight excluding hydrogens is 300 g/mol. The Morgan fingerprint density at radius 1 is 1.00 bits per heavy atom. The van der Waals surface area contributed by atoms with E-state index in [1.165, 1.54) is 11.1 Å². The number of aromatic nitrogens is 3. The summed E-state index contributed by atoms with van der Waals surface area (Å²) in [5, 5.41) is 13.8. The number of aryl methyl sites for hydroxylation is 1. The van der Waals surface area contributed by atoms with Crippen LogP contribution >= 0.6 is 0 Å². The van der Waals surface area contributed by atoms with E-state index in [2.05, 4.69) is 40.6 Å². The molecule has 0 unspecified atom stereocenters. The molecule has 0 aliphatic heterocycles. The highest BCUT2D eigenvalue weighted by Gasteiger charge is 2.09. The van der Waals surface area contributed by atoms with Gasteiger partial charge in [0.2, 0.25) is 0 Å². The average molecular weight is 324 g/mol. The molecule has 0 radical (unpaired) electrons. The fourth-order valence-electron chi connectivity index (χ4n) is 2.87. The Morgan fingerprint density at radius 2 is 1.79 bits per heavy atom. The van der Waals surface area contributed by atoms with Gasteiger partial charge in [0.05, 0.1) is 19.3 Å². The maximum absolute atomic E-state index is 9.33. The van der Waals surface area contributed by atoms with Crippen LogP contribution in [0.1, 0.15) is 16.7 Å². The van der Waals surface area contributed by atoms with E-state index in [9.17, 15) is 5.11 Å². The Balaban J connectivity index is 1.62. The highest BCUT2D eigenvalue weighted by atomic mass is 16.3. The zero-order valence-corrected chi connectivity index (χ0v) is 14.0. The van der Waals surface area contributed by atoms with Gasteiger partial charge in [-0.05, 0) is 17.2 Å². The first-order valence-electron chi connectivity index (χ1n) is 8.22. The van der Waals surface area contributed by atoms with E-state index in [1.54, 1.807) is 0 Å². The van der Waals surface area contributed by atoms with Crippen molar-refractivity contribution in [3.8, 4) is 0 Å². The topological polar surface area (TPSA) is 46.2 Å². The minimum Gasteiger partial charge on any atom is -0.395 e. The summed E-state index contributed by atoms with van der Waals surface area (Å²) in [5.41, 5.74) is 3.65. The lowest BCUT2D eigenvalue weighted by Gasteiger charge is -2.19. The maximum atomic E-state index is 9.33. The van der Waals surface area contributed by atoms with Crippen LogP contribution in [-0.2, 0) is 26.7 Å². The van der Waals surface area contributed by atoms with E-state index in [4.69, 9.17) is 0 Å². The lowest BCUT2D eigenvalue weighted by molar-refractivity contribution is 0.184. The Labute approximate surface area is 142 Å². The summed E-state index contributed by atoms with van der Waals surface area (Å²) in [5.74, 6) is 0. The highest BCUT2D eigenvalue weighted by molar-refractivity contribution is 5.16. The van der Waals surface area contributed by atoms with Crippen molar-refractivity contribution in [3.63, 3.8) is 0 Å². The highest BCUT2D eigenvalue weighted by Crippen LogP contribution is 2.11. The monoisotopic (exact) mass is 324 g/mol. The summed E-state index contributed by atoms with van der Waals surface area (Å²) >= 11 is 0. The molecule has 3 rings (SSSR count). The molecule has 1 aromatic carbocycles. The van der Waals surface area contributed by atoms with Gasteiger partial charge < -0.3 is 9.67 Å². The molecule has 2 heterocycles. The lowest BCUT2D eigenvalue weighted by Crippen LogP contribution is -2.25. The first kappa shape index (κ1) is 16.5. The first-order valence-corrected chi connectivity index (χ1v) is 8.22. The van der Waals surface area contributed by atoms with Crippen molar-refractivity contribution in [2.24, 2.45) is 7.05 Å². The molecule has 0 amide bonds. The van der Waals surface area contributed by atoms with E-state index in [0.717, 1.165) is 25.2 Å². The summed E-state index contributed by atoms with van der Waals surface area (Å²) < 4.78 is 4.01. The summed E-state index contributed by atoms with van der Waals surface area (Å²) in [6.45, 7) is 3.19. The largest absolute Gasteiger partial charge is 0.395 e. The summed E-state index contributed by atoms with van der Waals surface area (Å²) in [6.07, 6.45) is 8.16. The minimum absolute atomic E-state index is 0.158. The Kier molecular flexibility index (Phi) is 5.46. The van der Waals surface area contributed by atoms with Crippen LogP contribution in [0.5, 0.6) is 0 Å². The van der Waals surface area contributed by atoms with Crippen molar-refractivity contribution in [2.45, 2.75) is 19.6 Å². The van der Waals surface area contributed by atoms with Crippen molar-refractivity contribution < 1.29 is 5.11 Å².